The van der Waals surface area contributed by atoms with Gasteiger partial charge >= 0.3 is 5.97 Å². The summed E-state index contributed by atoms with van der Waals surface area (Å²) in [4.78, 5) is 12.2. The number of allylic oxidation sites excluding steroid dienone is 3. The fraction of sp³-hybridized carbons (Fsp3) is 0.368. The summed E-state index contributed by atoms with van der Waals surface area (Å²) in [5, 5.41) is 9.65. The average Bonchev–Trinajstić information content (AvgIpc) is 2.60. The minimum atomic E-state index is -1.11. The molecule has 0 saturated carbocycles. The number of esters is 1. The first kappa shape index (κ1) is 14.6. The summed E-state index contributed by atoms with van der Waals surface area (Å²) in [6.45, 7) is 0. The van der Waals surface area contributed by atoms with Crippen molar-refractivity contribution < 1.29 is 9.53 Å². The molecule has 0 amide bonds. The van der Waals surface area contributed by atoms with Gasteiger partial charge in [-0.15, -0.1) is 0 Å². The Kier molecular flexibility index (Phi) is 3.85. The summed E-state index contributed by atoms with van der Waals surface area (Å²) < 4.78 is 4.91. The van der Waals surface area contributed by atoms with Crippen LogP contribution in [0.1, 0.15) is 37.2 Å². The second kappa shape index (κ2) is 5.81. The van der Waals surface area contributed by atoms with Gasteiger partial charge in [-0.05, 0) is 36.8 Å². The number of rotatable bonds is 2. The Morgan fingerprint density at radius 3 is 2.82 bits per heavy atom. The maximum atomic E-state index is 12.2. The Balaban J connectivity index is 1.96. The van der Waals surface area contributed by atoms with Crippen LogP contribution in [-0.2, 0) is 9.53 Å². The summed E-state index contributed by atoms with van der Waals surface area (Å²) >= 11 is 0. The summed E-state index contributed by atoms with van der Waals surface area (Å²) in [6.07, 6.45) is 7.36. The van der Waals surface area contributed by atoms with Gasteiger partial charge in [-0.2, -0.15) is 5.26 Å². The van der Waals surface area contributed by atoms with Crippen LogP contribution in [-0.4, -0.2) is 13.1 Å². The smallest absolute Gasteiger partial charge is 0.330 e. The van der Waals surface area contributed by atoms with Gasteiger partial charge in [-0.3, -0.25) is 0 Å². The first-order chi connectivity index (χ1) is 10.7. The first-order valence-electron chi connectivity index (χ1n) is 7.66. The van der Waals surface area contributed by atoms with Gasteiger partial charge in [0.05, 0.1) is 13.2 Å². The number of benzene rings is 1. The molecule has 3 nitrogen and oxygen atoms in total. The van der Waals surface area contributed by atoms with Crippen LogP contribution in [0.5, 0.6) is 0 Å². The average molecular weight is 293 g/mol. The SMILES string of the molecule is COC(=O)C1(C#N)CCCC2=C1C=CC(c1ccccc1)C2. The molecule has 22 heavy (non-hydrogen) atoms. The molecule has 0 N–H and O–H groups in total. The molecule has 0 radical (unpaired) electrons. The molecule has 3 rings (SSSR count). The molecule has 2 unspecified atom stereocenters. The summed E-state index contributed by atoms with van der Waals surface area (Å²) in [5.74, 6) is -0.0999. The number of hydrogen-bond donors (Lipinski definition) is 0. The van der Waals surface area contributed by atoms with Crippen molar-refractivity contribution in [2.75, 3.05) is 7.11 Å². The molecule has 2 aliphatic carbocycles. The number of methoxy groups -OCH3 is 1. The molecule has 1 aromatic carbocycles. The topological polar surface area (TPSA) is 50.1 Å². The van der Waals surface area contributed by atoms with Crippen LogP contribution < -0.4 is 0 Å². The lowest BCUT2D eigenvalue weighted by Gasteiger charge is -2.35. The van der Waals surface area contributed by atoms with Crippen LogP contribution in [0.4, 0.5) is 0 Å². The van der Waals surface area contributed by atoms with Crippen molar-refractivity contribution in [1.82, 2.24) is 0 Å². The van der Waals surface area contributed by atoms with Gasteiger partial charge in [0.2, 0.25) is 0 Å². The van der Waals surface area contributed by atoms with Crippen molar-refractivity contribution >= 4 is 5.97 Å². The van der Waals surface area contributed by atoms with Gasteiger partial charge in [0, 0.05) is 5.92 Å². The number of carbonyl (C=O) groups is 1. The lowest BCUT2D eigenvalue weighted by atomic mass is 9.66. The van der Waals surface area contributed by atoms with Crippen LogP contribution >= 0.6 is 0 Å². The van der Waals surface area contributed by atoms with E-state index in [1.807, 2.05) is 24.3 Å². The van der Waals surface area contributed by atoms with Crippen LogP contribution in [0.2, 0.25) is 0 Å². The minimum Gasteiger partial charge on any atom is -0.468 e. The Bertz CT molecular complexity index is 681. The first-order valence-corrected chi connectivity index (χ1v) is 7.66. The summed E-state index contributed by atoms with van der Waals surface area (Å²) in [6, 6.07) is 12.6. The van der Waals surface area contributed by atoms with Crippen molar-refractivity contribution in [2.45, 2.75) is 31.6 Å². The van der Waals surface area contributed by atoms with Crippen molar-refractivity contribution in [1.29, 1.82) is 5.26 Å². The highest BCUT2D eigenvalue weighted by Crippen LogP contribution is 2.47. The quantitative estimate of drug-likeness (QED) is 0.777. The van der Waals surface area contributed by atoms with Crippen LogP contribution in [0, 0.1) is 16.7 Å². The van der Waals surface area contributed by atoms with E-state index in [2.05, 4.69) is 24.3 Å². The zero-order valence-corrected chi connectivity index (χ0v) is 12.7. The third-order valence-electron chi connectivity index (χ3n) is 4.78. The van der Waals surface area contributed by atoms with E-state index in [0.29, 0.717) is 12.3 Å². The van der Waals surface area contributed by atoms with Gasteiger partial charge in [-0.25, -0.2) is 4.79 Å². The molecule has 2 atom stereocenters. The van der Waals surface area contributed by atoms with Crippen molar-refractivity contribution in [3.63, 3.8) is 0 Å². The van der Waals surface area contributed by atoms with Gasteiger partial charge < -0.3 is 4.74 Å². The number of ether oxygens (including phenoxy) is 1. The maximum Gasteiger partial charge on any atom is 0.330 e. The highest BCUT2D eigenvalue weighted by atomic mass is 16.5. The Morgan fingerprint density at radius 1 is 1.36 bits per heavy atom. The Labute approximate surface area is 130 Å². The third-order valence-corrected chi connectivity index (χ3v) is 4.78. The predicted octanol–water partition coefficient (Wildman–Crippen LogP) is 3.89. The van der Waals surface area contributed by atoms with Gasteiger partial charge in [-0.1, -0.05) is 48.1 Å². The van der Waals surface area contributed by atoms with Crippen LogP contribution in [0.3, 0.4) is 0 Å². The van der Waals surface area contributed by atoms with E-state index in [1.54, 1.807) is 0 Å². The molecular formula is C19H19NO2. The third kappa shape index (κ3) is 2.25. The monoisotopic (exact) mass is 293 g/mol. The molecule has 1 aromatic rings. The normalized spacial score (nSPS) is 27.0. The lowest BCUT2D eigenvalue weighted by molar-refractivity contribution is -0.147. The predicted molar refractivity (Wildman–Crippen MR) is 83.9 cm³/mol. The molecule has 112 valence electrons. The molecule has 0 spiro atoms. The second-order valence-corrected chi connectivity index (χ2v) is 5.96. The molecule has 0 bridgehead atoms. The highest BCUT2D eigenvalue weighted by Gasteiger charge is 2.46. The zero-order chi connectivity index (χ0) is 15.6. The van der Waals surface area contributed by atoms with Crippen LogP contribution in [0.25, 0.3) is 0 Å². The number of hydrogen-bond acceptors (Lipinski definition) is 3. The molecule has 0 aromatic heterocycles. The Hall–Kier alpha value is -2.34. The fourth-order valence-corrected chi connectivity index (χ4v) is 3.63. The Morgan fingerprint density at radius 2 is 2.14 bits per heavy atom. The lowest BCUT2D eigenvalue weighted by Crippen LogP contribution is -2.36. The van der Waals surface area contributed by atoms with E-state index in [0.717, 1.165) is 24.8 Å². The number of carbonyl (C=O) groups excluding carboxylic acids is 1. The van der Waals surface area contributed by atoms with E-state index in [9.17, 15) is 10.1 Å². The molecule has 0 saturated heterocycles. The fourth-order valence-electron chi connectivity index (χ4n) is 3.63. The molecule has 3 heteroatoms. The standard InChI is InChI=1S/C19H19NO2/c1-22-18(21)19(13-20)11-5-8-16-12-15(9-10-17(16)19)14-6-3-2-4-7-14/h2-4,6-7,9-10,15H,5,8,11-12H2,1H3. The molecule has 2 aliphatic rings. The molecule has 0 aliphatic heterocycles. The van der Waals surface area contributed by atoms with E-state index in [1.165, 1.54) is 18.2 Å². The van der Waals surface area contributed by atoms with E-state index >= 15 is 0 Å². The van der Waals surface area contributed by atoms with Crippen molar-refractivity contribution in [2.24, 2.45) is 5.41 Å². The molecule has 0 fully saturated rings. The minimum absolute atomic E-state index is 0.326. The van der Waals surface area contributed by atoms with E-state index in [-0.39, 0.29) is 0 Å². The van der Waals surface area contributed by atoms with E-state index in [4.69, 9.17) is 4.74 Å². The van der Waals surface area contributed by atoms with E-state index < -0.39 is 11.4 Å². The van der Waals surface area contributed by atoms with Crippen molar-refractivity contribution in [3.05, 3.63) is 59.2 Å². The molecular weight excluding hydrogens is 274 g/mol. The number of nitriles is 1. The van der Waals surface area contributed by atoms with Gasteiger partial charge in [0.1, 0.15) is 0 Å². The highest BCUT2D eigenvalue weighted by molar-refractivity contribution is 5.85. The number of nitrogens with zero attached hydrogens (tertiary/aromatic N) is 1. The van der Waals surface area contributed by atoms with Gasteiger partial charge in [0.25, 0.3) is 0 Å². The largest absolute Gasteiger partial charge is 0.468 e. The van der Waals surface area contributed by atoms with Gasteiger partial charge in [0.15, 0.2) is 5.41 Å². The maximum absolute atomic E-state index is 12.2. The van der Waals surface area contributed by atoms with Crippen LogP contribution in [0.15, 0.2) is 53.6 Å². The summed E-state index contributed by atoms with van der Waals surface area (Å²) in [7, 11) is 1.36. The summed E-state index contributed by atoms with van der Waals surface area (Å²) in [5.41, 5.74) is 2.27. The van der Waals surface area contributed by atoms with Crippen molar-refractivity contribution in [3.8, 4) is 6.07 Å². The second-order valence-electron chi connectivity index (χ2n) is 5.96. The zero-order valence-electron chi connectivity index (χ0n) is 12.7. The molecule has 0 heterocycles.